The van der Waals surface area contributed by atoms with E-state index in [0.717, 1.165) is 51.0 Å². The van der Waals surface area contributed by atoms with Gasteiger partial charge >= 0.3 is 0 Å². The summed E-state index contributed by atoms with van der Waals surface area (Å²) in [4.78, 5) is 14.7. The highest BCUT2D eigenvalue weighted by Gasteiger charge is 2.26. The first-order valence-electron chi connectivity index (χ1n) is 19.6. The van der Waals surface area contributed by atoms with Crippen molar-refractivity contribution in [3.05, 3.63) is 198 Å². The summed E-state index contributed by atoms with van der Waals surface area (Å²) in [5.41, 5.74) is 16.0. The lowest BCUT2D eigenvalue weighted by atomic mass is 9.84. The standard InChI is InChI=1S/C53H39N3O/c1-34-31-43(29-30-45(34)38-13-6-3-7-14-38)36-21-23-37(24-22-36)44-32-35(2)50-47(33-44)49-46(19-12-20-48(49)57-50)39-25-27-42(28-26-39)53-55-51(40-15-8-4-9-16-40)54-52(56-53)41-17-10-5-11-18-41/h3-31,33,35H,32H2,1-2H3. The van der Waals surface area contributed by atoms with Gasteiger partial charge in [-0.15, -0.1) is 0 Å². The minimum atomic E-state index is 0.247. The summed E-state index contributed by atoms with van der Waals surface area (Å²) in [6.07, 6.45) is 3.27. The fourth-order valence-corrected chi connectivity index (χ4v) is 8.20. The number of aromatic nitrogens is 3. The number of benzene rings is 7. The van der Waals surface area contributed by atoms with Crippen molar-refractivity contribution in [1.29, 1.82) is 0 Å². The summed E-state index contributed by atoms with van der Waals surface area (Å²) in [5, 5.41) is 1.15. The number of hydrogen-bond acceptors (Lipinski definition) is 4. The summed E-state index contributed by atoms with van der Waals surface area (Å²) >= 11 is 0. The van der Waals surface area contributed by atoms with Crippen LogP contribution in [0, 0.1) is 6.92 Å². The molecular weight excluding hydrogens is 695 g/mol. The van der Waals surface area contributed by atoms with Crippen molar-refractivity contribution in [3.8, 4) is 67.5 Å². The highest BCUT2D eigenvalue weighted by atomic mass is 16.3. The molecule has 0 bridgehead atoms. The molecule has 0 N–H and O–H groups in total. The zero-order valence-electron chi connectivity index (χ0n) is 31.9. The van der Waals surface area contributed by atoms with E-state index in [-0.39, 0.29) is 5.92 Å². The van der Waals surface area contributed by atoms with Crippen molar-refractivity contribution >= 4 is 22.6 Å². The number of fused-ring (bicyclic) bond motifs is 3. The monoisotopic (exact) mass is 733 g/mol. The highest BCUT2D eigenvalue weighted by molar-refractivity contribution is 6.04. The number of aryl methyl sites for hydroxylation is 1. The van der Waals surface area contributed by atoms with Crippen molar-refractivity contribution in [3.63, 3.8) is 0 Å². The second-order valence-electron chi connectivity index (χ2n) is 14.9. The number of nitrogens with zero attached hydrogens (tertiary/aromatic N) is 3. The average Bonchev–Trinajstić information content (AvgIpc) is 3.67. The summed E-state index contributed by atoms with van der Waals surface area (Å²) in [5.74, 6) is 3.24. The van der Waals surface area contributed by atoms with Crippen LogP contribution < -0.4 is 0 Å². The van der Waals surface area contributed by atoms with Gasteiger partial charge in [-0.2, -0.15) is 0 Å². The van der Waals surface area contributed by atoms with Crippen molar-refractivity contribution in [2.45, 2.75) is 26.2 Å². The van der Waals surface area contributed by atoms with E-state index in [1.54, 1.807) is 0 Å². The van der Waals surface area contributed by atoms with Crippen LogP contribution in [-0.2, 0) is 0 Å². The molecule has 4 heteroatoms. The minimum Gasteiger partial charge on any atom is -0.460 e. The molecular formula is C53H39N3O. The van der Waals surface area contributed by atoms with Crippen molar-refractivity contribution in [1.82, 2.24) is 15.0 Å². The van der Waals surface area contributed by atoms with Crippen molar-refractivity contribution < 1.29 is 4.42 Å². The average molecular weight is 734 g/mol. The van der Waals surface area contributed by atoms with Crippen LogP contribution in [0.15, 0.2) is 180 Å². The zero-order valence-corrected chi connectivity index (χ0v) is 31.9. The smallest absolute Gasteiger partial charge is 0.164 e. The maximum Gasteiger partial charge on any atom is 0.164 e. The van der Waals surface area contributed by atoms with E-state index in [1.165, 1.54) is 44.5 Å². The van der Waals surface area contributed by atoms with E-state index in [2.05, 4.69) is 135 Å². The van der Waals surface area contributed by atoms with Crippen LogP contribution in [-0.4, -0.2) is 15.0 Å². The van der Waals surface area contributed by atoms with Crippen molar-refractivity contribution in [2.24, 2.45) is 0 Å². The Hall–Kier alpha value is -7.17. The fourth-order valence-electron chi connectivity index (χ4n) is 8.20. The van der Waals surface area contributed by atoms with Crippen LogP contribution in [0.4, 0.5) is 0 Å². The lowest BCUT2D eigenvalue weighted by molar-refractivity contribution is 0.506. The predicted octanol–water partition coefficient (Wildman–Crippen LogP) is 14.0. The van der Waals surface area contributed by atoms with Gasteiger partial charge in [-0.1, -0.05) is 177 Å². The van der Waals surface area contributed by atoms with E-state index >= 15 is 0 Å². The molecule has 0 radical (unpaired) electrons. The first kappa shape index (κ1) is 34.3. The summed E-state index contributed by atoms with van der Waals surface area (Å²) in [7, 11) is 0. The normalized spacial score (nSPS) is 13.6. The van der Waals surface area contributed by atoms with Crippen LogP contribution in [0.1, 0.15) is 41.7 Å². The van der Waals surface area contributed by atoms with Gasteiger partial charge < -0.3 is 4.42 Å². The zero-order chi connectivity index (χ0) is 38.3. The molecule has 0 fully saturated rings. The van der Waals surface area contributed by atoms with Crippen LogP contribution in [0.2, 0.25) is 0 Å². The van der Waals surface area contributed by atoms with Gasteiger partial charge in [0.05, 0.1) is 0 Å². The van der Waals surface area contributed by atoms with E-state index < -0.39 is 0 Å². The molecule has 272 valence electrons. The summed E-state index contributed by atoms with van der Waals surface area (Å²) in [6.45, 7) is 4.47. The van der Waals surface area contributed by atoms with Gasteiger partial charge in [0.15, 0.2) is 17.5 Å². The van der Waals surface area contributed by atoms with Crippen LogP contribution in [0.5, 0.6) is 0 Å². The van der Waals surface area contributed by atoms with Crippen LogP contribution in [0.3, 0.4) is 0 Å². The van der Waals surface area contributed by atoms with Gasteiger partial charge in [0, 0.05) is 33.6 Å². The van der Waals surface area contributed by atoms with Crippen molar-refractivity contribution in [2.75, 3.05) is 0 Å². The number of rotatable bonds is 7. The molecule has 9 aromatic rings. The Morgan fingerprint density at radius 3 is 1.54 bits per heavy atom. The molecule has 57 heavy (non-hydrogen) atoms. The Balaban J connectivity index is 0.979. The largest absolute Gasteiger partial charge is 0.460 e. The maximum atomic E-state index is 6.61. The van der Waals surface area contributed by atoms with Gasteiger partial charge in [0.25, 0.3) is 0 Å². The predicted molar refractivity (Wildman–Crippen MR) is 234 cm³/mol. The SMILES string of the molecule is Cc1cc(-c2ccc(C3=Cc4c(oc5cccc(-c6ccc(-c7nc(-c8ccccc8)nc(-c8ccccc8)n7)cc6)c45)C(C)C3)cc2)ccc1-c1ccccc1. The van der Waals surface area contributed by atoms with E-state index in [1.807, 2.05) is 60.7 Å². The second kappa shape index (κ2) is 14.5. The molecule has 0 saturated heterocycles. The molecule has 0 spiro atoms. The van der Waals surface area contributed by atoms with Gasteiger partial charge in [-0.05, 0) is 75.6 Å². The van der Waals surface area contributed by atoms with E-state index in [9.17, 15) is 0 Å². The molecule has 1 atom stereocenters. The molecule has 2 aromatic heterocycles. The Bertz CT molecular complexity index is 2850. The molecule has 0 saturated carbocycles. The molecule has 2 heterocycles. The van der Waals surface area contributed by atoms with Gasteiger partial charge in [0.1, 0.15) is 11.3 Å². The number of allylic oxidation sites excluding steroid dienone is 1. The van der Waals surface area contributed by atoms with Crippen LogP contribution >= 0.6 is 0 Å². The molecule has 7 aromatic carbocycles. The minimum absolute atomic E-state index is 0.247. The summed E-state index contributed by atoms with van der Waals surface area (Å²) in [6, 6.07) is 61.5. The van der Waals surface area contributed by atoms with Gasteiger partial charge in [-0.3, -0.25) is 0 Å². The van der Waals surface area contributed by atoms with E-state index in [0.29, 0.717) is 17.5 Å². The third-order valence-corrected chi connectivity index (χ3v) is 11.1. The third kappa shape index (κ3) is 6.55. The van der Waals surface area contributed by atoms with Gasteiger partial charge in [-0.25, -0.2) is 15.0 Å². The molecule has 0 aliphatic heterocycles. The molecule has 1 aliphatic rings. The molecule has 10 rings (SSSR count). The first-order valence-corrected chi connectivity index (χ1v) is 19.6. The Morgan fingerprint density at radius 1 is 0.456 bits per heavy atom. The first-order chi connectivity index (χ1) is 28.1. The lowest BCUT2D eigenvalue weighted by Crippen LogP contribution is -2.02. The Labute approximate surface area is 332 Å². The quantitative estimate of drug-likeness (QED) is 0.164. The molecule has 1 aliphatic carbocycles. The molecule has 1 unspecified atom stereocenters. The maximum absolute atomic E-state index is 6.61. The van der Waals surface area contributed by atoms with Gasteiger partial charge in [0.2, 0.25) is 0 Å². The Morgan fingerprint density at radius 2 is 0.947 bits per heavy atom. The number of hydrogen-bond donors (Lipinski definition) is 0. The second-order valence-corrected chi connectivity index (χ2v) is 14.9. The number of furan rings is 1. The lowest BCUT2D eigenvalue weighted by Gasteiger charge is -2.20. The topological polar surface area (TPSA) is 51.8 Å². The molecule has 0 amide bonds. The van der Waals surface area contributed by atoms with Crippen LogP contribution in [0.25, 0.3) is 90.2 Å². The highest BCUT2D eigenvalue weighted by Crippen LogP contribution is 2.46. The fraction of sp³-hybridized carbons (Fsp3) is 0.0755. The summed E-state index contributed by atoms with van der Waals surface area (Å²) < 4.78 is 6.61. The third-order valence-electron chi connectivity index (χ3n) is 11.1. The van der Waals surface area contributed by atoms with E-state index in [4.69, 9.17) is 19.4 Å². The Kier molecular flexibility index (Phi) is 8.72. The molecule has 4 nitrogen and oxygen atoms in total.